The van der Waals surface area contributed by atoms with Crippen molar-refractivity contribution >= 4 is 16.2 Å². The molecule has 1 saturated heterocycles. The summed E-state index contributed by atoms with van der Waals surface area (Å²) in [6.07, 6.45) is -1.15. The van der Waals surface area contributed by atoms with Crippen LogP contribution in [0.2, 0.25) is 0 Å². The van der Waals surface area contributed by atoms with E-state index in [4.69, 9.17) is 5.11 Å². The minimum absolute atomic E-state index is 0.348. The molecule has 1 fully saturated rings. The van der Waals surface area contributed by atoms with Crippen molar-refractivity contribution in [2.45, 2.75) is 38.2 Å². The number of rotatable bonds is 5. The molecule has 0 bridgehead atoms. The van der Waals surface area contributed by atoms with Crippen LogP contribution in [0.3, 0.4) is 0 Å². The molecule has 0 aromatic heterocycles. The van der Waals surface area contributed by atoms with Gasteiger partial charge in [-0.15, -0.1) is 0 Å². The highest BCUT2D eigenvalue weighted by atomic mass is 32.2. The predicted octanol–water partition coefficient (Wildman–Crippen LogP) is 0.347. The summed E-state index contributed by atoms with van der Waals surface area (Å²) in [4.78, 5) is 17.0. The topological polar surface area (TPSA) is 95.9 Å². The van der Waals surface area contributed by atoms with Crippen LogP contribution in [-0.4, -0.2) is 48.4 Å². The van der Waals surface area contributed by atoms with Gasteiger partial charge in [-0.25, -0.2) is 13.6 Å². The van der Waals surface area contributed by atoms with E-state index in [1.54, 1.807) is 4.89 Å². The molecule has 0 unspecified atom stereocenters. The van der Waals surface area contributed by atoms with Crippen molar-refractivity contribution in [1.29, 1.82) is 0 Å². The van der Waals surface area contributed by atoms with E-state index in [-0.39, 0.29) is 13.1 Å². The number of hydrogen-bond donors (Lipinski definition) is 2. The van der Waals surface area contributed by atoms with Crippen LogP contribution in [0.25, 0.3) is 0 Å². The largest absolute Gasteiger partial charge is 0.479 e. The number of aliphatic carboxylic acids is 1. The molecular formula is C9H16F2N2O5S. The first-order valence-corrected chi connectivity index (χ1v) is 6.96. The smallest absolute Gasteiger partial charge is 0.337 e. The minimum atomic E-state index is -4.14. The van der Waals surface area contributed by atoms with Gasteiger partial charge in [0.15, 0.2) is 5.60 Å². The van der Waals surface area contributed by atoms with E-state index in [2.05, 4.69) is 4.84 Å². The molecule has 0 spiro atoms. The van der Waals surface area contributed by atoms with Gasteiger partial charge in [0.2, 0.25) is 0 Å². The zero-order valence-electron chi connectivity index (χ0n) is 10.5. The Morgan fingerprint density at radius 1 is 1.37 bits per heavy atom. The molecule has 1 aliphatic rings. The lowest BCUT2D eigenvalue weighted by Crippen LogP contribution is -2.50. The number of carboxylic acid groups (broad SMARTS) is 1. The number of nitrogens with one attached hydrogen (secondary N) is 1. The first kappa shape index (κ1) is 16.2. The lowest BCUT2D eigenvalue weighted by molar-refractivity contribution is -0.165. The molecule has 19 heavy (non-hydrogen) atoms. The fourth-order valence-electron chi connectivity index (χ4n) is 1.31. The lowest BCUT2D eigenvalue weighted by atomic mass is 10.1. The molecule has 0 aromatic rings. The van der Waals surface area contributed by atoms with E-state index in [1.807, 2.05) is 0 Å². The first-order valence-electron chi connectivity index (χ1n) is 5.52. The predicted molar refractivity (Wildman–Crippen MR) is 60.6 cm³/mol. The summed E-state index contributed by atoms with van der Waals surface area (Å²) in [6.45, 7) is 1.61. The number of carbonyl (C=O) groups is 1. The number of carboxylic acids is 1. The normalized spacial score (nSPS) is 21.3. The van der Waals surface area contributed by atoms with E-state index in [1.165, 1.54) is 0 Å². The maximum atomic E-state index is 12.9. The van der Waals surface area contributed by atoms with Crippen molar-refractivity contribution in [2.75, 3.05) is 13.1 Å². The van der Waals surface area contributed by atoms with E-state index >= 15 is 0 Å². The van der Waals surface area contributed by atoms with E-state index in [9.17, 15) is 22.0 Å². The summed E-state index contributed by atoms with van der Waals surface area (Å²) in [6, 6.07) is 0. The monoisotopic (exact) mass is 302 g/mol. The molecule has 1 aliphatic heterocycles. The molecule has 1 heterocycles. The second-order valence-electron chi connectivity index (χ2n) is 4.76. The van der Waals surface area contributed by atoms with Crippen molar-refractivity contribution in [3.63, 3.8) is 0 Å². The zero-order chi connectivity index (χ0) is 14.9. The van der Waals surface area contributed by atoms with E-state index in [0.29, 0.717) is 0 Å². The van der Waals surface area contributed by atoms with Gasteiger partial charge in [-0.3, -0.25) is 4.84 Å². The fraction of sp³-hybridized carbons (Fsp3) is 0.889. The summed E-state index contributed by atoms with van der Waals surface area (Å²) >= 11 is 0. The third-order valence-electron chi connectivity index (χ3n) is 2.71. The van der Waals surface area contributed by atoms with Gasteiger partial charge in [0, 0.05) is 25.9 Å². The average molecular weight is 302 g/mol. The Kier molecular flexibility index (Phi) is 4.50. The zero-order valence-corrected chi connectivity index (χ0v) is 11.3. The van der Waals surface area contributed by atoms with Crippen LogP contribution in [0, 0.1) is 0 Å². The molecule has 10 heteroatoms. The Hall–Kier alpha value is -0.840. The molecule has 0 saturated carbocycles. The molecule has 1 rings (SSSR count). The molecule has 2 N–H and O–H groups in total. The molecule has 0 amide bonds. The highest BCUT2D eigenvalue weighted by Crippen LogP contribution is 2.28. The van der Waals surface area contributed by atoms with E-state index < -0.39 is 40.5 Å². The standard InChI is InChI=1S/C9H16F2N2O5S/c1-8(2,7(14)15)18-12-19(16,17)13-5-3-9(10,11)4-6-13/h12H,3-6H2,1-2H3,(H,14,15). The van der Waals surface area contributed by atoms with Crippen molar-refractivity contribution in [3.8, 4) is 0 Å². The van der Waals surface area contributed by atoms with Crippen molar-refractivity contribution in [3.05, 3.63) is 0 Å². The number of halogens is 2. The molecule has 0 radical (unpaired) electrons. The number of hydrogen-bond acceptors (Lipinski definition) is 4. The van der Waals surface area contributed by atoms with Crippen molar-refractivity contribution in [1.82, 2.24) is 9.19 Å². The van der Waals surface area contributed by atoms with Crippen LogP contribution in [0.5, 0.6) is 0 Å². The molecule has 112 valence electrons. The van der Waals surface area contributed by atoms with Gasteiger partial charge in [-0.05, 0) is 13.8 Å². The van der Waals surface area contributed by atoms with Crippen LogP contribution < -0.4 is 4.89 Å². The Bertz CT molecular complexity index is 442. The van der Waals surface area contributed by atoms with Crippen molar-refractivity contribution in [2.24, 2.45) is 0 Å². The number of piperidine rings is 1. The molecule has 0 atom stereocenters. The van der Waals surface area contributed by atoms with Gasteiger partial charge in [0.1, 0.15) is 0 Å². The SMILES string of the molecule is CC(C)(ONS(=O)(=O)N1CCC(F)(F)CC1)C(=O)O. The highest BCUT2D eigenvalue weighted by molar-refractivity contribution is 7.87. The van der Waals surface area contributed by atoms with Crippen LogP contribution in [-0.2, 0) is 19.8 Å². The minimum Gasteiger partial charge on any atom is -0.479 e. The van der Waals surface area contributed by atoms with Gasteiger partial charge in [0.05, 0.1) is 0 Å². The van der Waals surface area contributed by atoms with Gasteiger partial charge >= 0.3 is 16.2 Å². The summed E-state index contributed by atoms with van der Waals surface area (Å²) in [5.41, 5.74) is -1.76. The summed E-state index contributed by atoms with van der Waals surface area (Å²) in [5.74, 6) is -4.23. The van der Waals surface area contributed by atoms with E-state index in [0.717, 1.165) is 18.2 Å². The quantitative estimate of drug-likeness (QED) is 0.714. The molecule has 0 aromatic carbocycles. The lowest BCUT2D eigenvalue weighted by Gasteiger charge is -2.31. The third kappa shape index (κ3) is 4.34. The Morgan fingerprint density at radius 3 is 2.26 bits per heavy atom. The maximum Gasteiger partial charge on any atom is 0.337 e. The molecule has 7 nitrogen and oxygen atoms in total. The number of nitrogens with zero attached hydrogens (tertiary/aromatic N) is 1. The summed E-state index contributed by atoms with van der Waals surface area (Å²) in [7, 11) is -4.14. The third-order valence-corrected chi connectivity index (χ3v) is 4.05. The average Bonchev–Trinajstić information content (AvgIpc) is 2.26. The maximum absolute atomic E-state index is 12.9. The number of alkyl halides is 2. The van der Waals surface area contributed by atoms with Crippen LogP contribution >= 0.6 is 0 Å². The fourth-order valence-corrected chi connectivity index (χ4v) is 2.39. The van der Waals surface area contributed by atoms with Crippen molar-refractivity contribution < 1.29 is 31.9 Å². The van der Waals surface area contributed by atoms with Crippen LogP contribution in [0.15, 0.2) is 0 Å². The van der Waals surface area contributed by atoms with Gasteiger partial charge < -0.3 is 5.11 Å². The Balaban J connectivity index is 2.61. The Labute approximate surface area is 109 Å². The van der Waals surface area contributed by atoms with Gasteiger partial charge in [0.25, 0.3) is 5.92 Å². The molecular weight excluding hydrogens is 286 g/mol. The summed E-state index contributed by atoms with van der Waals surface area (Å²) < 4.78 is 50.0. The molecule has 0 aliphatic carbocycles. The first-order chi connectivity index (χ1) is 8.46. The van der Waals surface area contributed by atoms with Gasteiger partial charge in [-0.1, -0.05) is 4.89 Å². The van der Waals surface area contributed by atoms with Crippen LogP contribution in [0.1, 0.15) is 26.7 Å². The van der Waals surface area contributed by atoms with Crippen LogP contribution in [0.4, 0.5) is 8.78 Å². The van der Waals surface area contributed by atoms with Gasteiger partial charge in [-0.2, -0.15) is 12.7 Å². The summed E-state index contributed by atoms with van der Waals surface area (Å²) in [5, 5.41) is 8.74. The second kappa shape index (κ2) is 5.27. The Morgan fingerprint density at radius 2 is 1.84 bits per heavy atom. The highest BCUT2D eigenvalue weighted by Gasteiger charge is 2.39. The second-order valence-corrected chi connectivity index (χ2v) is 6.39.